The first kappa shape index (κ1) is 13.5. The van der Waals surface area contributed by atoms with Crippen LogP contribution < -0.4 is 0 Å². The molecule has 0 atom stereocenters. The summed E-state index contributed by atoms with van der Waals surface area (Å²) in [5, 5.41) is 9.38. The molecule has 4 nitrogen and oxygen atoms in total. The summed E-state index contributed by atoms with van der Waals surface area (Å²) in [5.41, 5.74) is 2.24. The number of aryl methyl sites for hydroxylation is 2. The Kier molecular flexibility index (Phi) is 3.57. The Morgan fingerprint density at radius 1 is 1.32 bits per heavy atom. The Hall–Kier alpha value is -1.88. The molecule has 2 rings (SSSR count). The van der Waals surface area contributed by atoms with Gasteiger partial charge in [0.05, 0.1) is 5.56 Å². The number of carboxylic acids is 1. The van der Waals surface area contributed by atoms with Crippen molar-refractivity contribution in [2.45, 2.75) is 13.8 Å². The Balaban J connectivity index is 2.78. The molecule has 1 heterocycles. The number of aldehydes is 1. The van der Waals surface area contributed by atoms with Gasteiger partial charge in [-0.3, -0.25) is 4.79 Å². The molecule has 1 aromatic heterocycles. The van der Waals surface area contributed by atoms with Gasteiger partial charge in [-0.1, -0.05) is 6.07 Å². The van der Waals surface area contributed by atoms with E-state index in [0.717, 1.165) is 11.1 Å². The van der Waals surface area contributed by atoms with Crippen LogP contribution in [-0.2, 0) is 0 Å². The number of halogens is 1. The summed E-state index contributed by atoms with van der Waals surface area (Å²) in [7, 11) is 0. The van der Waals surface area contributed by atoms with Crippen LogP contribution in [0.3, 0.4) is 0 Å². The van der Waals surface area contributed by atoms with Gasteiger partial charge in [-0.2, -0.15) is 0 Å². The number of carbonyl (C=O) groups excluding carboxylic acids is 1. The van der Waals surface area contributed by atoms with E-state index < -0.39 is 5.97 Å². The molecule has 0 amide bonds. The van der Waals surface area contributed by atoms with Crippen LogP contribution in [0.2, 0.25) is 0 Å². The summed E-state index contributed by atoms with van der Waals surface area (Å²) < 4.78 is 5.85. The number of hydrogen-bond donors (Lipinski definition) is 1. The first-order valence-corrected chi connectivity index (χ1v) is 6.33. The average Bonchev–Trinajstić information content (AvgIpc) is 2.81. The maximum Gasteiger partial charge on any atom is 0.337 e. The highest BCUT2D eigenvalue weighted by atomic mass is 79.9. The molecular weight excluding hydrogens is 312 g/mol. The lowest BCUT2D eigenvalue weighted by Gasteiger charge is -2.12. The zero-order valence-corrected chi connectivity index (χ0v) is 11.9. The fourth-order valence-electron chi connectivity index (χ4n) is 2.03. The molecule has 0 saturated carbocycles. The molecule has 0 spiro atoms. The highest BCUT2D eigenvalue weighted by Crippen LogP contribution is 2.35. The molecule has 0 radical (unpaired) electrons. The molecule has 0 aliphatic rings. The minimum Gasteiger partial charge on any atom is -0.478 e. The molecule has 0 saturated heterocycles. The Morgan fingerprint density at radius 3 is 2.53 bits per heavy atom. The van der Waals surface area contributed by atoms with Crippen LogP contribution in [0.25, 0.3) is 11.3 Å². The molecule has 0 aliphatic carbocycles. The minimum absolute atomic E-state index is 0.143. The van der Waals surface area contributed by atoms with Crippen molar-refractivity contribution in [2.24, 2.45) is 0 Å². The molecular formula is C14H11BrO4. The normalized spacial score (nSPS) is 10.5. The van der Waals surface area contributed by atoms with Crippen LogP contribution in [0.15, 0.2) is 27.1 Å². The third kappa shape index (κ3) is 2.33. The van der Waals surface area contributed by atoms with Gasteiger partial charge in [-0.25, -0.2) is 4.79 Å². The average molecular weight is 323 g/mol. The van der Waals surface area contributed by atoms with Crippen LogP contribution in [0.4, 0.5) is 0 Å². The minimum atomic E-state index is -1.04. The summed E-state index contributed by atoms with van der Waals surface area (Å²) >= 11 is 3.29. The lowest BCUT2D eigenvalue weighted by Crippen LogP contribution is -2.04. The Bertz CT molecular complexity index is 670. The summed E-state index contributed by atoms with van der Waals surface area (Å²) in [6.45, 7) is 3.64. The first-order chi connectivity index (χ1) is 8.95. The monoisotopic (exact) mass is 322 g/mol. The molecule has 0 unspecified atom stereocenters. The highest BCUT2D eigenvalue weighted by molar-refractivity contribution is 9.10. The molecule has 98 valence electrons. The standard InChI is InChI=1S/C14H11BrO4/c1-7-5-8(2)13(15)12(14(17)18)11(7)10-4-3-9(6-16)19-10/h3-6H,1-2H3,(H,17,18). The molecule has 1 N–H and O–H groups in total. The maximum absolute atomic E-state index is 11.5. The van der Waals surface area contributed by atoms with E-state index in [9.17, 15) is 14.7 Å². The van der Waals surface area contributed by atoms with Crippen molar-refractivity contribution in [2.75, 3.05) is 0 Å². The topological polar surface area (TPSA) is 67.5 Å². The van der Waals surface area contributed by atoms with Crippen LogP contribution in [0.1, 0.15) is 32.0 Å². The third-order valence-corrected chi connectivity index (χ3v) is 3.87. The predicted molar refractivity (Wildman–Crippen MR) is 73.7 cm³/mol. The summed E-state index contributed by atoms with van der Waals surface area (Å²) in [4.78, 5) is 22.1. The quantitative estimate of drug-likeness (QED) is 0.872. The molecule has 0 aliphatic heterocycles. The van der Waals surface area contributed by atoms with E-state index in [-0.39, 0.29) is 11.3 Å². The van der Waals surface area contributed by atoms with Gasteiger partial charge in [0.1, 0.15) is 5.76 Å². The smallest absolute Gasteiger partial charge is 0.337 e. The second-order valence-electron chi connectivity index (χ2n) is 4.20. The van der Waals surface area contributed by atoms with Crippen molar-refractivity contribution < 1.29 is 19.1 Å². The molecule has 2 aromatic rings. The van der Waals surface area contributed by atoms with Gasteiger partial charge in [0, 0.05) is 10.0 Å². The lowest BCUT2D eigenvalue weighted by molar-refractivity contribution is 0.0696. The number of hydrogen-bond acceptors (Lipinski definition) is 3. The molecule has 0 fully saturated rings. The van der Waals surface area contributed by atoms with Crippen LogP contribution in [0.5, 0.6) is 0 Å². The molecule has 5 heteroatoms. The van der Waals surface area contributed by atoms with Gasteiger partial charge < -0.3 is 9.52 Å². The van der Waals surface area contributed by atoms with Crippen molar-refractivity contribution in [3.8, 4) is 11.3 Å². The molecule has 19 heavy (non-hydrogen) atoms. The molecule has 0 bridgehead atoms. The van der Waals surface area contributed by atoms with Gasteiger partial charge in [0.25, 0.3) is 0 Å². The first-order valence-electron chi connectivity index (χ1n) is 5.54. The van der Waals surface area contributed by atoms with E-state index in [1.807, 2.05) is 19.9 Å². The van der Waals surface area contributed by atoms with Crippen LogP contribution in [0, 0.1) is 13.8 Å². The second kappa shape index (κ2) is 5.01. The number of aromatic carboxylic acids is 1. The van der Waals surface area contributed by atoms with Crippen molar-refractivity contribution in [3.05, 3.63) is 45.1 Å². The maximum atomic E-state index is 11.5. The van der Waals surface area contributed by atoms with Gasteiger partial charge in [-0.05, 0) is 53.0 Å². The zero-order valence-electron chi connectivity index (χ0n) is 10.4. The van der Waals surface area contributed by atoms with Crippen LogP contribution >= 0.6 is 15.9 Å². The van der Waals surface area contributed by atoms with Crippen molar-refractivity contribution in [1.82, 2.24) is 0 Å². The number of rotatable bonds is 3. The number of furan rings is 1. The fourth-order valence-corrected chi connectivity index (χ4v) is 2.52. The summed E-state index contributed by atoms with van der Waals surface area (Å²) in [6.07, 6.45) is 0.586. The SMILES string of the molecule is Cc1cc(C)c(-c2ccc(C=O)o2)c(C(=O)O)c1Br. The van der Waals surface area contributed by atoms with Gasteiger partial charge in [-0.15, -0.1) is 0 Å². The van der Waals surface area contributed by atoms with Crippen LogP contribution in [-0.4, -0.2) is 17.4 Å². The summed E-state index contributed by atoms with van der Waals surface area (Å²) in [6, 6.07) is 4.98. The Morgan fingerprint density at radius 2 is 2.00 bits per heavy atom. The number of carboxylic acid groups (broad SMARTS) is 1. The third-order valence-electron chi connectivity index (χ3n) is 2.85. The number of benzene rings is 1. The van der Waals surface area contributed by atoms with Crippen molar-refractivity contribution >= 4 is 28.2 Å². The van der Waals surface area contributed by atoms with Crippen molar-refractivity contribution in [3.63, 3.8) is 0 Å². The fraction of sp³-hybridized carbons (Fsp3) is 0.143. The van der Waals surface area contributed by atoms with Gasteiger partial charge >= 0.3 is 5.97 Å². The van der Waals surface area contributed by atoms with E-state index in [4.69, 9.17) is 4.42 Å². The van der Waals surface area contributed by atoms with E-state index in [2.05, 4.69) is 15.9 Å². The second-order valence-corrected chi connectivity index (χ2v) is 4.99. The van der Waals surface area contributed by atoms with Gasteiger partial charge in [0.2, 0.25) is 0 Å². The van der Waals surface area contributed by atoms with E-state index in [1.165, 1.54) is 6.07 Å². The largest absolute Gasteiger partial charge is 0.478 e. The van der Waals surface area contributed by atoms with Gasteiger partial charge in [0.15, 0.2) is 12.0 Å². The predicted octanol–water partition coefficient (Wildman–Crippen LogP) is 3.84. The Labute approximate surface area is 118 Å². The van der Waals surface area contributed by atoms with E-state index >= 15 is 0 Å². The van der Waals surface area contributed by atoms with Crippen molar-refractivity contribution in [1.29, 1.82) is 0 Å². The summed E-state index contributed by atoms with van der Waals surface area (Å²) in [5.74, 6) is -0.502. The number of carbonyl (C=O) groups is 2. The zero-order chi connectivity index (χ0) is 14.2. The van der Waals surface area contributed by atoms with E-state index in [1.54, 1.807) is 6.07 Å². The lowest BCUT2D eigenvalue weighted by atomic mass is 9.97. The van der Waals surface area contributed by atoms with E-state index in [0.29, 0.717) is 22.1 Å². The molecule has 1 aromatic carbocycles. The highest BCUT2D eigenvalue weighted by Gasteiger charge is 2.22.